The molecule has 132 valence electrons. The Morgan fingerprint density at radius 3 is 2.31 bits per heavy atom. The third kappa shape index (κ3) is 4.89. The molecule has 0 spiro atoms. The number of anilines is 1. The summed E-state index contributed by atoms with van der Waals surface area (Å²) in [6, 6.07) is 16.3. The van der Waals surface area contributed by atoms with Crippen LogP contribution in [0, 0.1) is 13.8 Å². The van der Waals surface area contributed by atoms with Gasteiger partial charge in [0.15, 0.2) is 0 Å². The molecule has 2 aromatic carbocycles. The van der Waals surface area contributed by atoms with Crippen molar-refractivity contribution in [2.75, 3.05) is 5.32 Å². The summed E-state index contributed by atoms with van der Waals surface area (Å²) in [7, 11) is 0. The van der Waals surface area contributed by atoms with Gasteiger partial charge in [0.2, 0.25) is 5.95 Å². The van der Waals surface area contributed by atoms with Gasteiger partial charge in [-0.15, -0.1) is 0 Å². The molecule has 0 saturated carbocycles. The molecule has 1 amide bonds. The van der Waals surface area contributed by atoms with Crippen molar-refractivity contribution in [3.05, 3.63) is 88.7 Å². The minimum atomic E-state index is -0.184. The molecular weight excluding hydrogens is 324 g/mol. The van der Waals surface area contributed by atoms with Gasteiger partial charge in [0.25, 0.3) is 5.91 Å². The van der Waals surface area contributed by atoms with Gasteiger partial charge in [-0.3, -0.25) is 4.79 Å². The lowest BCUT2D eigenvalue weighted by Gasteiger charge is -2.07. The highest BCUT2D eigenvalue weighted by molar-refractivity contribution is 5.93. The van der Waals surface area contributed by atoms with Gasteiger partial charge >= 0.3 is 0 Å². The Bertz CT molecular complexity index is 873. The van der Waals surface area contributed by atoms with Gasteiger partial charge < -0.3 is 10.6 Å². The van der Waals surface area contributed by atoms with E-state index < -0.39 is 0 Å². The molecule has 0 aliphatic carbocycles. The number of hydrogen-bond acceptors (Lipinski definition) is 4. The van der Waals surface area contributed by atoms with Crippen molar-refractivity contribution in [2.24, 2.45) is 0 Å². The summed E-state index contributed by atoms with van der Waals surface area (Å²) in [5.41, 5.74) is 5.07. The normalized spacial score (nSPS) is 10.4. The molecule has 26 heavy (non-hydrogen) atoms. The SMILES string of the molecule is Cc1ccc(CNC(=O)c2cnc(NCc3cccc(C)c3)nc2)cc1. The summed E-state index contributed by atoms with van der Waals surface area (Å²) in [4.78, 5) is 20.6. The average molecular weight is 346 g/mol. The number of amides is 1. The fourth-order valence-electron chi connectivity index (χ4n) is 2.53. The van der Waals surface area contributed by atoms with Gasteiger partial charge in [-0.2, -0.15) is 0 Å². The van der Waals surface area contributed by atoms with E-state index in [1.165, 1.54) is 23.5 Å². The number of aryl methyl sites for hydroxylation is 2. The molecule has 1 heterocycles. The third-order valence-corrected chi connectivity index (χ3v) is 4.02. The molecule has 0 atom stereocenters. The van der Waals surface area contributed by atoms with Crippen molar-refractivity contribution in [1.29, 1.82) is 0 Å². The Labute approximate surface area is 153 Å². The van der Waals surface area contributed by atoms with E-state index in [0.29, 0.717) is 24.6 Å². The van der Waals surface area contributed by atoms with Crippen LogP contribution in [0.4, 0.5) is 5.95 Å². The molecule has 0 saturated heterocycles. The van der Waals surface area contributed by atoms with Crippen LogP contribution in [-0.4, -0.2) is 15.9 Å². The van der Waals surface area contributed by atoms with E-state index in [2.05, 4.69) is 39.7 Å². The first kappa shape index (κ1) is 17.6. The van der Waals surface area contributed by atoms with Crippen molar-refractivity contribution in [3.63, 3.8) is 0 Å². The van der Waals surface area contributed by atoms with Gasteiger partial charge in [0.1, 0.15) is 0 Å². The second-order valence-corrected chi connectivity index (χ2v) is 6.31. The van der Waals surface area contributed by atoms with Crippen LogP contribution in [0.3, 0.4) is 0 Å². The Hall–Kier alpha value is -3.21. The molecule has 0 aliphatic rings. The third-order valence-electron chi connectivity index (χ3n) is 4.02. The lowest BCUT2D eigenvalue weighted by Crippen LogP contribution is -2.23. The number of carbonyl (C=O) groups excluding carboxylic acids is 1. The fourth-order valence-corrected chi connectivity index (χ4v) is 2.53. The first-order valence-corrected chi connectivity index (χ1v) is 8.55. The van der Waals surface area contributed by atoms with Gasteiger partial charge in [-0.25, -0.2) is 9.97 Å². The highest BCUT2D eigenvalue weighted by Gasteiger charge is 2.07. The zero-order valence-electron chi connectivity index (χ0n) is 15.0. The van der Waals surface area contributed by atoms with Gasteiger partial charge in [0, 0.05) is 25.5 Å². The maximum Gasteiger partial charge on any atom is 0.254 e. The Morgan fingerprint density at radius 1 is 0.885 bits per heavy atom. The molecule has 0 unspecified atom stereocenters. The van der Waals surface area contributed by atoms with Crippen LogP contribution in [0.25, 0.3) is 0 Å². The molecule has 5 heteroatoms. The smallest absolute Gasteiger partial charge is 0.254 e. The van der Waals surface area contributed by atoms with Crippen molar-refractivity contribution in [3.8, 4) is 0 Å². The monoisotopic (exact) mass is 346 g/mol. The van der Waals surface area contributed by atoms with Crippen LogP contribution in [0.1, 0.15) is 32.6 Å². The van der Waals surface area contributed by atoms with E-state index in [0.717, 1.165) is 11.1 Å². The molecule has 3 aromatic rings. The first-order valence-electron chi connectivity index (χ1n) is 8.55. The number of aromatic nitrogens is 2. The van der Waals surface area contributed by atoms with Crippen molar-refractivity contribution in [2.45, 2.75) is 26.9 Å². The molecule has 2 N–H and O–H groups in total. The molecule has 0 bridgehead atoms. The second-order valence-electron chi connectivity index (χ2n) is 6.31. The van der Waals surface area contributed by atoms with Crippen LogP contribution in [0.15, 0.2) is 60.9 Å². The van der Waals surface area contributed by atoms with Crippen LogP contribution >= 0.6 is 0 Å². The van der Waals surface area contributed by atoms with E-state index in [1.807, 2.05) is 43.3 Å². The largest absolute Gasteiger partial charge is 0.350 e. The zero-order valence-corrected chi connectivity index (χ0v) is 15.0. The number of rotatable bonds is 6. The van der Waals surface area contributed by atoms with Gasteiger partial charge in [-0.05, 0) is 25.0 Å². The quantitative estimate of drug-likeness (QED) is 0.715. The summed E-state index contributed by atoms with van der Waals surface area (Å²) in [5, 5.41) is 6.04. The van der Waals surface area contributed by atoms with Crippen molar-refractivity contribution < 1.29 is 4.79 Å². The van der Waals surface area contributed by atoms with E-state index in [-0.39, 0.29) is 5.91 Å². The molecule has 1 aromatic heterocycles. The minimum Gasteiger partial charge on any atom is -0.350 e. The van der Waals surface area contributed by atoms with E-state index in [1.54, 1.807) is 0 Å². The Kier molecular flexibility index (Phi) is 5.59. The first-order chi connectivity index (χ1) is 12.6. The maximum absolute atomic E-state index is 12.2. The molecule has 3 rings (SSSR count). The average Bonchev–Trinajstić information content (AvgIpc) is 2.66. The Morgan fingerprint density at radius 2 is 1.62 bits per heavy atom. The molecule has 0 fully saturated rings. The summed E-state index contributed by atoms with van der Waals surface area (Å²) in [5.74, 6) is 0.317. The minimum absolute atomic E-state index is 0.184. The number of carbonyl (C=O) groups is 1. The zero-order chi connectivity index (χ0) is 18.4. The second kappa shape index (κ2) is 8.25. The standard InChI is InChI=1S/C21H22N4O/c1-15-6-8-17(9-7-15)11-22-20(26)19-13-24-21(25-14-19)23-12-18-5-3-4-16(2)10-18/h3-10,13-14H,11-12H2,1-2H3,(H,22,26)(H,23,24,25). The van der Waals surface area contributed by atoms with E-state index in [9.17, 15) is 4.79 Å². The molecular formula is C21H22N4O. The summed E-state index contributed by atoms with van der Waals surface area (Å²) < 4.78 is 0. The summed E-state index contributed by atoms with van der Waals surface area (Å²) in [6.45, 7) is 5.21. The van der Waals surface area contributed by atoms with Crippen molar-refractivity contribution >= 4 is 11.9 Å². The molecule has 0 aliphatic heterocycles. The number of nitrogens with zero attached hydrogens (tertiary/aromatic N) is 2. The Balaban J connectivity index is 1.53. The van der Waals surface area contributed by atoms with Crippen LogP contribution in [-0.2, 0) is 13.1 Å². The lowest BCUT2D eigenvalue weighted by atomic mass is 10.1. The number of nitrogens with one attached hydrogen (secondary N) is 2. The van der Waals surface area contributed by atoms with Gasteiger partial charge in [-0.1, -0.05) is 59.7 Å². The van der Waals surface area contributed by atoms with Gasteiger partial charge in [0.05, 0.1) is 5.56 Å². The van der Waals surface area contributed by atoms with Crippen LogP contribution in [0.5, 0.6) is 0 Å². The topological polar surface area (TPSA) is 66.9 Å². The molecule has 5 nitrogen and oxygen atoms in total. The lowest BCUT2D eigenvalue weighted by molar-refractivity contribution is 0.0950. The summed E-state index contributed by atoms with van der Waals surface area (Å²) in [6.07, 6.45) is 3.08. The van der Waals surface area contributed by atoms with Crippen molar-refractivity contribution in [1.82, 2.24) is 15.3 Å². The summed E-state index contributed by atoms with van der Waals surface area (Å²) >= 11 is 0. The maximum atomic E-state index is 12.2. The fraction of sp³-hybridized carbons (Fsp3) is 0.190. The van der Waals surface area contributed by atoms with Crippen LogP contribution in [0.2, 0.25) is 0 Å². The van der Waals surface area contributed by atoms with E-state index in [4.69, 9.17) is 0 Å². The van der Waals surface area contributed by atoms with E-state index >= 15 is 0 Å². The highest BCUT2D eigenvalue weighted by atomic mass is 16.1. The molecule has 0 radical (unpaired) electrons. The number of hydrogen-bond donors (Lipinski definition) is 2. The highest BCUT2D eigenvalue weighted by Crippen LogP contribution is 2.07. The predicted molar refractivity (Wildman–Crippen MR) is 103 cm³/mol. The van der Waals surface area contributed by atoms with Crippen LogP contribution < -0.4 is 10.6 Å². The number of benzene rings is 2. The predicted octanol–water partition coefficient (Wildman–Crippen LogP) is 3.64.